The molecule has 0 radical (unpaired) electrons. The van der Waals surface area contributed by atoms with Crippen LogP contribution >= 0.6 is 11.3 Å². The zero-order valence-corrected chi connectivity index (χ0v) is 8.37. The molecule has 0 N–H and O–H groups in total. The van der Waals surface area contributed by atoms with Crippen molar-refractivity contribution >= 4 is 21.4 Å². The lowest BCUT2D eigenvalue weighted by Crippen LogP contribution is -1.85. The quantitative estimate of drug-likeness (QED) is 0.563. The predicted octanol–water partition coefficient (Wildman–Crippen LogP) is 3.69. The molecule has 0 unspecified atom stereocenters. The van der Waals surface area contributed by atoms with E-state index in [0.29, 0.717) is 0 Å². The fraction of sp³-hybridized carbons (Fsp3) is 0. The summed E-state index contributed by atoms with van der Waals surface area (Å²) in [6, 6.07) is 12.6. The van der Waals surface area contributed by atoms with E-state index < -0.39 is 0 Å². The zero-order valence-electron chi connectivity index (χ0n) is 7.55. The highest BCUT2D eigenvalue weighted by molar-refractivity contribution is 7.17. The summed E-state index contributed by atoms with van der Waals surface area (Å²) in [5.41, 5.74) is 1.27. The molecule has 0 saturated carbocycles. The molecule has 3 aromatic rings. The van der Waals surface area contributed by atoms with Crippen molar-refractivity contribution in [3.63, 3.8) is 0 Å². The van der Waals surface area contributed by atoms with Crippen molar-refractivity contribution in [2.24, 2.45) is 0 Å². The standard InChI is InChI=1S/C12H9NS/c1-2-6-12-10(5-1)11(9-14-12)13-7-3-4-8-13/h1-9H. The van der Waals surface area contributed by atoms with E-state index in [0.717, 1.165) is 0 Å². The van der Waals surface area contributed by atoms with Crippen molar-refractivity contribution < 1.29 is 0 Å². The van der Waals surface area contributed by atoms with Crippen LogP contribution in [0.25, 0.3) is 15.8 Å². The molecule has 0 fully saturated rings. The summed E-state index contributed by atoms with van der Waals surface area (Å²) in [5.74, 6) is 0. The Balaban J connectivity index is 2.33. The van der Waals surface area contributed by atoms with Crippen LogP contribution in [0.4, 0.5) is 0 Å². The van der Waals surface area contributed by atoms with Crippen LogP contribution in [-0.2, 0) is 0 Å². The number of aromatic nitrogens is 1. The SMILES string of the molecule is c1ccc2c(-n3cccc3)csc2c1. The average Bonchev–Trinajstić information content (AvgIpc) is 2.85. The van der Waals surface area contributed by atoms with Crippen LogP contribution in [0.1, 0.15) is 0 Å². The third-order valence-corrected chi connectivity index (χ3v) is 3.29. The van der Waals surface area contributed by atoms with Crippen LogP contribution in [0.2, 0.25) is 0 Å². The summed E-state index contributed by atoms with van der Waals surface area (Å²) >= 11 is 1.79. The summed E-state index contributed by atoms with van der Waals surface area (Å²) in [5, 5.41) is 3.53. The van der Waals surface area contributed by atoms with E-state index in [1.165, 1.54) is 15.8 Å². The molecule has 0 saturated heterocycles. The van der Waals surface area contributed by atoms with Crippen molar-refractivity contribution in [1.82, 2.24) is 4.57 Å². The van der Waals surface area contributed by atoms with Crippen LogP contribution < -0.4 is 0 Å². The van der Waals surface area contributed by atoms with Gasteiger partial charge in [0.15, 0.2) is 0 Å². The Kier molecular flexibility index (Phi) is 1.67. The number of nitrogens with zero attached hydrogens (tertiary/aromatic N) is 1. The Morgan fingerprint density at radius 2 is 1.71 bits per heavy atom. The topological polar surface area (TPSA) is 4.93 Å². The van der Waals surface area contributed by atoms with Crippen molar-refractivity contribution in [2.75, 3.05) is 0 Å². The normalized spacial score (nSPS) is 10.9. The summed E-state index contributed by atoms with van der Waals surface area (Å²) in [4.78, 5) is 0. The molecule has 2 heteroatoms. The first-order valence-electron chi connectivity index (χ1n) is 4.55. The first kappa shape index (κ1) is 7.83. The molecular formula is C12H9NS. The molecule has 0 bridgehead atoms. The predicted molar refractivity (Wildman–Crippen MR) is 61.2 cm³/mol. The molecule has 0 aliphatic rings. The highest BCUT2D eigenvalue weighted by atomic mass is 32.1. The summed E-state index contributed by atoms with van der Waals surface area (Å²) in [6.45, 7) is 0. The third kappa shape index (κ3) is 1.08. The van der Waals surface area contributed by atoms with Gasteiger partial charge in [-0.1, -0.05) is 18.2 Å². The van der Waals surface area contributed by atoms with E-state index in [9.17, 15) is 0 Å². The molecule has 0 aliphatic heterocycles. The Labute approximate surface area is 86.2 Å². The van der Waals surface area contributed by atoms with Crippen LogP contribution in [0.3, 0.4) is 0 Å². The van der Waals surface area contributed by atoms with Gasteiger partial charge in [-0.25, -0.2) is 0 Å². The number of thiophene rings is 1. The molecule has 0 amide bonds. The van der Waals surface area contributed by atoms with Gasteiger partial charge in [-0.05, 0) is 18.2 Å². The first-order valence-corrected chi connectivity index (χ1v) is 5.43. The van der Waals surface area contributed by atoms with Gasteiger partial charge >= 0.3 is 0 Å². The van der Waals surface area contributed by atoms with Crippen LogP contribution in [0, 0.1) is 0 Å². The van der Waals surface area contributed by atoms with E-state index in [4.69, 9.17) is 0 Å². The molecule has 2 heterocycles. The Morgan fingerprint density at radius 1 is 0.929 bits per heavy atom. The van der Waals surface area contributed by atoms with Crippen molar-refractivity contribution in [1.29, 1.82) is 0 Å². The van der Waals surface area contributed by atoms with Crippen molar-refractivity contribution in [3.8, 4) is 5.69 Å². The van der Waals surface area contributed by atoms with Gasteiger partial charge in [0, 0.05) is 27.9 Å². The average molecular weight is 199 g/mol. The second-order valence-corrected chi connectivity index (χ2v) is 4.12. The lowest BCUT2D eigenvalue weighted by molar-refractivity contribution is 1.10. The molecule has 0 spiro atoms. The maximum absolute atomic E-state index is 2.20. The smallest absolute Gasteiger partial charge is 0.0635 e. The Morgan fingerprint density at radius 3 is 2.57 bits per heavy atom. The Bertz CT molecular complexity index is 548. The summed E-state index contributed by atoms with van der Waals surface area (Å²) in [7, 11) is 0. The fourth-order valence-electron chi connectivity index (χ4n) is 1.66. The molecule has 0 aliphatic carbocycles. The summed E-state index contributed by atoms with van der Waals surface area (Å²) in [6.07, 6.45) is 4.16. The van der Waals surface area contributed by atoms with Gasteiger partial charge in [0.2, 0.25) is 0 Å². The highest BCUT2D eigenvalue weighted by Gasteiger charge is 2.03. The number of hydrogen-bond acceptors (Lipinski definition) is 1. The minimum absolute atomic E-state index is 1.27. The van der Waals surface area contributed by atoms with E-state index in [2.05, 4.69) is 46.6 Å². The van der Waals surface area contributed by atoms with E-state index in [1.54, 1.807) is 11.3 Å². The van der Waals surface area contributed by atoms with Gasteiger partial charge < -0.3 is 4.57 Å². The van der Waals surface area contributed by atoms with Gasteiger partial charge in [-0.2, -0.15) is 0 Å². The van der Waals surface area contributed by atoms with Crippen LogP contribution in [0.5, 0.6) is 0 Å². The monoisotopic (exact) mass is 199 g/mol. The van der Waals surface area contributed by atoms with Gasteiger partial charge in [-0.3, -0.25) is 0 Å². The largest absolute Gasteiger partial charge is 0.322 e. The fourth-order valence-corrected chi connectivity index (χ4v) is 2.60. The molecule has 14 heavy (non-hydrogen) atoms. The van der Waals surface area contributed by atoms with Gasteiger partial charge in [-0.15, -0.1) is 11.3 Å². The van der Waals surface area contributed by atoms with Gasteiger partial charge in [0.1, 0.15) is 0 Å². The zero-order chi connectivity index (χ0) is 9.38. The molecule has 2 aromatic heterocycles. The van der Waals surface area contributed by atoms with Crippen LogP contribution in [0.15, 0.2) is 54.2 Å². The van der Waals surface area contributed by atoms with Crippen LogP contribution in [-0.4, -0.2) is 4.57 Å². The number of hydrogen-bond donors (Lipinski definition) is 0. The molecule has 0 atom stereocenters. The van der Waals surface area contributed by atoms with E-state index in [-0.39, 0.29) is 0 Å². The van der Waals surface area contributed by atoms with Gasteiger partial charge in [0.25, 0.3) is 0 Å². The number of rotatable bonds is 1. The van der Waals surface area contributed by atoms with E-state index in [1.807, 2.05) is 12.1 Å². The molecular weight excluding hydrogens is 190 g/mol. The highest BCUT2D eigenvalue weighted by Crippen LogP contribution is 2.28. The molecule has 1 nitrogen and oxygen atoms in total. The minimum Gasteiger partial charge on any atom is -0.322 e. The number of fused-ring (bicyclic) bond motifs is 1. The first-order chi connectivity index (χ1) is 6.95. The summed E-state index contributed by atoms with van der Waals surface area (Å²) < 4.78 is 3.50. The minimum atomic E-state index is 1.27. The number of benzene rings is 1. The van der Waals surface area contributed by atoms with E-state index >= 15 is 0 Å². The Hall–Kier alpha value is -1.54. The van der Waals surface area contributed by atoms with Crippen molar-refractivity contribution in [2.45, 2.75) is 0 Å². The maximum atomic E-state index is 2.20. The lowest BCUT2D eigenvalue weighted by Gasteiger charge is -1.99. The molecule has 3 rings (SSSR count). The van der Waals surface area contributed by atoms with Crippen molar-refractivity contribution in [3.05, 3.63) is 54.2 Å². The molecule has 1 aromatic carbocycles. The second kappa shape index (κ2) is 3.00. The third-order valence-electron chi connectivity index (χ3n) is 2.34. The second-order valence-electron chi connectivity index (χ2n) is 3.21. The lowest BCUT2D eigenvalue weighted by atomic mass is 10.2. The van der Waals surface area contributed by atoms with Gasteiger partial charge in [0.05, 0.1) is 5.69 Å². The maximum Gasteiger partial charge on any atom is 0.0635 e. The molecule has 68 valence electrons.